The molecule has 3 aromatic carbocycles. The van der Waals surface area contributed by atoms with Crippen LogP contribution in [0.15, 0.2) is 77.7 Å². The van der Waals surface area contributed by atoms with Gasteiger partial charge in [-0.3, -0.25) is 14.5 Å². The normalized spacial score (nSPS) is 18.1. The van der Waals surface area contributed by atoms with E-state index in [1.807, 2.05) is 12.1 Å². The van der Waals surface area contributed by atoms with Gasteiger partial charge in [0.05, 0.1) is 22.4 Å². The first-order chi connectivity index (χ1) is 18.7. The molecular weight excluding hydrogens is 529 g/mol. The summed E-state index contributed by atoms with van der Waals surface area (Å²) in [5.41, 5.74) is 1.37. The lowest BCUT2D eigenvalue weighted by Crippen LogP contribution is -2.48. The smallest absolute Gasteiger partial charge is 0.350 e. The van der Waals surface area contributed by atoms with Gasteiger partial charge in [-0.05, 0) is 47.5 Å². The number of hydrogen-bond donors (Lipinski definition) is 1. The molecule has 2 heterocycles. The number of fused-ring (bicyclic) bond motifs is 1. The molecule has 0 bridgehead atoms. The fourth-order valence-electron chi connectivity index (χ4n) is 4.65. The maximum atomic E-state index is 13.7. The Balaban J connectivity index is 1.34. The number of alkyl halides is 3. The van der Waals surface area contributed by atoms with Crippen molar-refractivity contribution in [1.29, 1.82) is 5.26 Å². The molecule has 7 nitrogen and oxygen atoms in total. The second-order valence-electron chi connectivity index (χ2n) is 9.39. The van der Waals surface area contributed by atoms with E-state index < -0.39 is 40.6 Å². The van der Waals surface area contributed by atoms with Crippen LogP contribution in [0.3, 0.4) is 0 Å². The molecule has 0 aromatic heterocycles. The van der Waals surface area contributed by atoms with Gasteiger partial charge in [0, 0.05) is 37.3 Å². The van der Waals surface area contributed by atoms with Crippen molar-refractivity contribution in [1.82, 2.24) is 9.62 Å². The third-order valence-corrected chi connectivity index (χ3v) is 8.22. The number of carbonyl (C=O) groups is 2. The highest BCUT2D eigenvalue weighted by Crippen LogP contribution is 2.34. The summed E-state index contributed by atoms with van der Waals surface area (Å²) in [5, 5.41) is 11.7. The van der Waals surface area contributed by atoms with Crippen molar-refractivity contribution >= 4 is 28.5 Å². The minimum absolute atomic E-state index is 0.000160. The standard InChI is InChI=1S/C28H23F3N4O3S/c29-28(30,31)22-10-8-18(9-11-22)15-33-26(36)25-13-20-4-1-2-7-24(20)35(25)27(37)21-5-3-6-23(12-21)39(38)34-16-19(14-32)17-34/h1-12,19,25H,13,15-17H2,(H,33,36). The van der Waals surface area contributed by atoms with E-state index in [1.54, 1.807) is 34.6 Å². The molecule has 0 radical (unpaired) electrons. The molecule has 11 heteroatoms. The fourth-order valence-corrected chi connectivity index (χ4v) is 6.00. The predicted molar refractivity (Wildman–Crippen MR) is 138 cm³/mol. The number of para-hydroxylation sites is 1. The number of nitrogens with one attached hydrogen (secondary N) is 1. The van der Waals surface area contributed by atoms with Crippen LogP contribution in [0, 0.1) is 17.2 Å². The lowest BCUT2D eigenvalue weighted by Gasteiger charge is -2.33. The first-order valence-electron chi connectivity index (χ1n) is 12.2. The van der Waals surface area contributed by atoms with E-state index in [4.69, 9.17) is 5.26 Å². The Kier molecular flexibility index (Phi) is 7.25. The summed E-state index contributed by atoms with van der Waals surface area (Å²) < 4.78 is 53.1. The zero-order chi connectivity index (χ0) is 27.7. The molecule has 2 aliphatic rings. The zero-order valence-corrected chi connectivity index (χ0v) is 21.3. The van der Waals surface area contributed by atoms with Gasteiger partial charge in [0.15, 0.2) is 0 Å². The Morgan fingerprint density at radius 1 is 1.03 bits per heavy atom. The molecule has 0 spiro atoms. The molecule has 5 rings (SSSR count). The van der Waals surface area contributed by atoms with Crippen LogP contribution >= 0.6 is 0 Å². The van der Waals surface area contributed by atoms with E-state index in [0.29, 0.717) is 29.2 Å². The number of benzene rings is 3. The summed E-state index contributed by atoms with van der Waals surface area (Å²) in [6, 6.07) is 19.4. The van der Waals surface area contributed by atoms with E-state index in [2.05, 4.69) is 11.4 Å². The van der Waals surface area contributed by atoms with Gasteiger partial charge in [0.2, 0.25) is 5.91 Å². The summed E-state index contributed by atoms with van der Waals surface area (Å²) in [6.45, 7) is 0.782. The van der Waals surface area contributed by atoms with Gasteiger partial charge < -0.3 is 5.32 Å². The molecule has 3 aromatic rings. The number of rotatable bonds is 6. The molecule has 0 aliphatic carbocycles. The third-order valence-electron chi connectivity index (χ3n) is 6.79. The van der Waals surface area contributed by atoms with Crippen LogP contribution < -0.4 is 10.2 Å². The highest BCUT2D eigenvalue weighted by Gasteiger charge is 2.39. The van der Waals surface area contributed by atoms with Gasteiger partial charge in [0.1, 0.15) is 17.0 Å². The third kappa shape index (κ3) is 5.44. The molecule has 1 N–H and O–H groups in total. The quantitative estimate of drug-likeness (QED) is 0.499. The Hall–Kier alpha value is -4.01. The SMILES string of the molecule is N#CC1CN(S(=O)c2cccc(C(=O)N3c4ccccc4CC3C(=O)NCc3ccc(C(F)(F)F)cc3)c2)C1. The lowest BCUT2D eigenvalue weighted by molar-refractivity contribution is -0.137. The van der Waals surface area contributed by atoms with E-state index in [-0.39, 0.29) is 24.4 Å². The topological polar surface area (TPSA) is 93.5 Å². The predicted octanol–water partition coefficient (Wildman–Crippen LogP) is 4.07. The van der Waals surface area contributed by atoms with Gasteiger partial charge in [0.25, 0.3) is 5.91 Å². The van der Waals surface area contributed by atoms with Crippen molar-refractivity contribution in [3.8, 4) is 6.07 Å². The first kappa shape index (κ1) is 26.6. The zero-order valence-electron chi connectivity index (χ0n) is 20.5. The monoisotopic (exact) mass is 552 g/mol. The van der Waals surface area contributed by atoms with Crippen LogP contribution in [0.25, 0.3) is 0 Å². The molecule has 200 valence electrons. The van der Waals surface area contributed by atoms with Crippen LogP contribution in [0.1, 0.15) is 27.0 Å². The largest absolute Gasteiger partial charge is 0.416 e. The summed E-state index contributed by atoms with van der Waals surface area (Å²) in [6.07, 6.45) is -4.17. The number of carbonyl (C=O) groups excluding carboxylic acids is 2. The Morgan fingerprint density at radius 2 is 1.74 bits per heavy atom. The molecular formula is C28H23F3N4O3S. The molecule has 1 fully saturated rings. The van der Waals surface area contributed by atoms with Crippen molar-refractivity contribution in [3.63, 3.8) is 0 Å². The molecule has 2 atom stereocenters. The summed E-state index contributed by atoms with van der Waals surface area (Å²) >= 11 is 0. The number of nitrogens with zero attached hydrogens (tertiary/aromatic N) is 3. The second kappa shape index (κ2) is 10.6. The molecule has 2 aliphatic heterocycles. The van der Waals surface area contributed by atoms with Crippen molar-refractivity contribution in [3.05, 3.63) is 95.1 Å². The van der Waals surface area contributed by atoms with Crippen molar-refractivity contribution in [2.75, 3.05) is 18.0 Å². The highest BCUT2D eigenvalue weighted by atomic mass is 32.2. The van der Waals surface area contributed by atoms with Crippen molar-refractivity contribution in [2.45, 2.75) is 30.1 Å². The highest BCUT2D eigenvalue weighted by molar-refractivity contribution is 7.82. The van der Waals surface area contributed by atoms with Crippen LogP contribution in [0.4, 0.5) is 18.9 Å². The maximum Gasteiger partial charge on any atom is 0.416 e. The van der Waals surface area contributed by atoms with Gasteiger partial charge in [-0.25, -0.2) is 8.51 Å². The van der Waals surface area contributed by atoms with Gasteiger partial charge in [-0.1, -0.05) is 36.4 Å². The van der Waals surface area contributed by atoms with Crippen LogP contribution in [0.5, 0.6) is 0 Å². The van der Waals surface area contributed by atoms with Gasteiger partial charge >= 0.3 is 6.18 Å². The molecule has 39 heavy (non-hydrogen) atoms. The van der Waals surface area contributed by atoms with E-state index in [1.165, 1.54) is 23.1 Å². The Morgan fingerprint density at radius 3 is 2.44 bits per heavy atom. The minimum Gasteiger partial charge on any atom is -0.350 e. The molecule has 2 unspecified atom stereocenters. The molecule has 1 saturated heterocycles. The number of nitriles is 1. The van der Waals surface area contributed by atoms with Crippen LogP contribution in [-0.2, 0) is 34.9 Å². The second-order valence-corrected chi connectivity index (χ2v) is 10.9. The van der Waals surface area contributed by atoms with E-state index in [0.717, 1.165) is 17.7 Å². The average molecular weight is 553 g/mol. The van der Waals surface area contributed by atoms with Crippen molar-refractivity contribution < 1.29 is 27.0 Å². The summed E-state index contributed by atoms with van der Waals surface area (Å²) in [4.78, 5) is 28.8. The Bertz CT molecular complexity index is 1480. The summed E-state index contributed by atoms with van der Waals surface area (Å²) in [7, 11) is -1.52. The number of halogens is 3. The fraction of sp³-hybridized carbons (Fsp3) is 0.250. The number of hydrogen-bond acceptors (Lipinski definition) is 4. The lowest BCUT2D eigenvalue weighted by atomic mass is 10.1. The molecule has 0 saturated carbocycles. The van der Waals surface area contributed by atoms with Gasteiger partial charge in [-0.2, -0.15) is 18.4 Å². The maximum absolute atomic E-state index is 13.7. The van der Waals surface area contributed by atoms with E-state index >= 15 is 0 Å². The van der Waals surface area contributed by atoms with Crippen LogP contribution in [0.2, 0.25) is 0 Å². The van der Waals surface area contributed by atoms with Crippen LogP contribution in [-0.4, -0.2) is 39.5 Å². The van der Waals surface area contributed by atoms with Crippen molar-refractivity contribution in [2.24, 2.45) is 5.92 Å². The Labute approximate surface area is 225 Å². The molecule has 2 amide bonds. The number of amides is 2. The van der Waals surface area contributed by atoms with E-state index in [9.17, 15) is 27.0 Å². The average Bonchev–Trinajstić information content (AvgIpc) is 3.30. The number of anilines is 1. The summed E-state index contributed by atoms with van der Waals surface area (Å²) in [5.74, 6) is -1.05. The van der Waals surface area contributed by atoms with Gasteiger partial charge in [-0.15, -0.1) is 0 Å². The minimum atomic E-state index is -4.45. The first-order valence-corrected chi connectivity index (χ1v) is 13.3.